The molecule has 0 spiro atoms. The van der Waals surface area contributed by atoms with Gasteiger partial charge in [0.15, 0.2) is 5.13 Å². The molecule has 0 atom stereocenters. The lowest BCUT2D eigenvalue weighted by Gasteiger charge is -2.09. The van der Waals surface area contributed by atoms with Gasteiger partial charge in [-0.15, -0.1) is 0 Å². The second-order valence-corrected chi connectivity index (χ2v) is 8.79. The molecule has 0 unspecified atom stereocenters. The number of aromatic amines is 1. The molecule has 4 aromatic rings. The lowest BCUT2D eigenvalue weighted by Crippen LogP contribution is -2.12. The van der Waals surface area contributed by atoms with Gasteiger partial charge in [-0.2, -0.15) is 0 Å². The van der Waals surface area contributed by atoms with E-state index in [4.69, 9.17) is 27.9 Å². The number of nitrogens with one attached hydrogen (secondary N) is 3. The minimum atomic E-state index is -0.460. The number of ether oxygens (including phenoxy) is 1. The summed E-state index contributed by atoms with van der Waals surface area (Å²) in [5.74, 6) is -0.174. The van der Waals surface area contributed by atoms with Gasteiger partial charge in [0, 0.05) is 24.4 Å². The zero-order valence-corrected chi connectivity index (χ0v) is 19.4. The Hall–Kier alpha value is -3.07. The van der Waals surface area contributed by atoms with Gasteiger partial charge in [0.05, 0.1) is 14.7 Å². The minimum Gasteiger partial charge on any atom is -0.487 e. The summed E-state index contributed by atoms with van der Waals surface area (Å²) in [5.41, 5.74) is 2.89. The molecule has 2 aromatic carbocycles. The maximum absolute atomic E-state index is 12.7. The molecule has 3 N–H and O–H groups in total. The molecule has 0 fully saturated rings. The fourth-order valence-electron chi connectivity index (χ4n) is 3.06. The number of fused-ring (bicyclic) bond motifs is 1. The third kappa shape index (κ3) is 4.72. The van der Waals surface area contributed by atoms with Gasteiger partial charge < -0.3 is 15.0 Å². The normalized spacial score (nSPS) is 10.9. The topological polar surface area (TPSA) is 96.1 Å². The van der Waals surface area contributed by atoms with Crippen LogP contribution in [0.3, 0.4) is 0 Å². The standard InChI is InChI=1S/C22H18Cl2N4O3S/c1-11-17(23)18(24)20(25-11)21(30)28-22-27-19-15(31-10-13-6-4-3-5-7-13)8-14(26-12(2)29)9-16(19)32-22/h3-9,25H,10H2,1-2H3,(H,26,29)(H,27,28,30). The highest BCUT2D eigenvalue weighted by Crippen LogP contribution is 2.37. The summed E-state index contributed by atoms with van der Waals surface area (Å²) in [6.07, 6.45) is 0. The molecular formula is C22H18Cl2N4O3S. The van der Waals surface area contributed by atoms with E-state index in [1.165, 1.54) is 18.3 Å². The molecular weight excluding hydrogens is 471 g/mol. The first-order chi connectivity index (χ1) is 15.3. The fourth-order valence-corrected chi connectivity index (χ4v) is 4.40. The van der Waals surface area contributed by atoms with Crippen molar-refractivity contribution >= 4 is 67.4 Å². The first kappa shape index (κ1) is 22.1. The van der Waals surface area contributed by atoms with Crippen LogP contribution >= 0.6 is 34.5 Å². The predicted octanol–water partition coefficient (Wildman–Crippen LogP) is 6.03. The SMILES string of the molecule is CC(=O)Nc1cc(OCc2ccccc2)c2nc(NC(=O)c3[nH]c(C)c(Cl)c3Cl)sc2c1. The van der Waals surface area contributed by atoms with Gasteiger partial charge in [-0.3, -0.25) is 14.9 Å². The number of hydrogen-bond acceptors (Lipinski definition) is 5. The molecule has 0 bridgehead atoms. The molecule has 32 heavy (non-hydrogen) atoms. The van der Waals surface area contributed by atoms with Crippen LogP contribution in [-0.4, -0.2) is 21.8 Å². The molecule has 0 aliphatic rings. The Labute approximate surface area is 197 Å². The number of thiazole rings is 1. The van der Waals surface area contributed by atoms with Crippen LogP contribution in [0.25, 0.3) is 10.2 Å². The van der Waals surface area contributed by atoms with Gasteiger partial charge >= 0.3 is 0 Å². The number of carbonyl (C=O) groups is 2. The van der Waals surface area contributed by atoms with Gasteiger partial charge in [0.1, 0.15) is 23.6 Å². The highest BCUT2D eigenvalue weighted by Gasteiger charge is 2.20. The van der Waals surface area contributed by atoms with Crippen molar-refractivity contribution < 1.29 is 14.3 Å². The zero-order chi connectivity index (χ0) is 22.8. The van der Waals surface area contributed by atoms with E-state index in [0.717, 1.165) is 10.3 Å². The van der Waals surface area contributed by atoms with Crippen LogP contribution in [0.5, 0.6) is 5.75 Å². The van der Waals surface area contributed by atoms with Crippen molar-refractivity contribution in [3.8, 4) is 5.75 Å². The van der Waals surface area contributed by atoms with E-state index >= 15 is 0 Å². The molecule has 10 heteroatoms. The highest BCUT2D eigenvalue weighted by atomic mass is 35.5. The number of rotatable bonds is 6. The van der Waals surface area contributed by atoms with Crippen LogP contribution < -0.4 is 15.4 Å². The number of carbonyl (C=O) groups excluding carboxylic acids is 2. The van der Waals surface area contributed by atoms with Crippen LogP contribution in [0.2, 0.25) is 10.0 Å². The lowest BCUT2D eigenvalue weighted by atomic mass is 10.2. The van der Waals surface area contributed by atoms with E-state index in [-0.39, 0.29) is 16.6 Å². The minimum absolute atomic E-state index is 0.155. The van der Waals surface area contributed by atoms with Crippen molar-refractivity contribution in [2.75, 3.05) is 10.6 Å². The summed E-state index contributed by atoms with van der Waals surface area (Å²) in [6.45, 7) is 3.48. The summed E-state index contributed by atoms with van der Waals surface area (Å²) in [6, 6.07) is 13.2. The Morgan fingerprint density at radius 2 is 1.88 bits per heavy atom. The molecule has 164 valence electrons. The number of benzene rings is 2. The highest BCUT2D eigenvalue weighted by molar-refractivity contribution is 7.22. The number of amides is 2. The summed E-state index contributed by atoms with van der Waals surface area (Å²) >= 11 is 13.5. The van der Waals surface area contributed by atoms with E-state index in [1.54, 1.807) is 19.1 Å². The number of aryl methyl sites for hydroxylation is 1. The Bertz CT molecular complexity index is 1320. The van der Waals surface area contributed by atoms with Crippen molar-refractivity contribution in [3.05, 3.63) is 69.5 Å². The number of aromatic nitrogens is 2. The third-order valence-electron chi connectivity index (χ3n) is 4.52. The van der Waals surface area contributed by atoms with Crippen LogP contribution in [-0.2, 0) is 11.4 Å². The van der Waals surface area contributed by atoms with E-state index in [0.29, 0.717) is 39.4 Å². The van der Waals surface area contributed by atoms with E-state index in [2.05, 4.69) is 20.6 Å². The van der Waals surface area contributed by atoms with Crippen molar-refractivity contribution in [1.82, 2.24) is 9.97 Å². The van der Waals surface area contributed by atoms with Gasteiger partial charge in [-0.1, -0.05) is 64.9 Å². The number of hydrogen-bond donors (Lipinski definition) is 3. The molecule has 0 aliphatic carbocycles. The van der Waals surface area contributed by atoms with Crippen molar-refractivity contribution in [2.45, 2.75) is 20.5 Å². The molecule has 0 saturated carbocycles. The summed E-state index contributed by atoms with van der Waals surface area (Å²) in [7, 11) is 0. The largest absolute Gasteiger partial charge is 0.487 e. The average Bonchev–Trinajstić information content (AvgIpc) is 3.27. The smallest absolute Gasteiger partial charge is 0.275 e. The van der Waals surface area contributed by atoms with Gasteiger partial charge in [0.25, 0.3) is 5.91 Å². The van der Waals surface area contributed by atoms with Crippen molar-refractivity contribution in [2.24, 2.45) is 0 Å². The predicted molar refractivity (Wildman–Crippen MR) is 128 cm³/mol. The van der Waals surface area contributed by atoms with Gasteiger partial charge in [0.2, 0.25) is 5.91 Å². The molecule has 0 radical (unpaired) electrons. The Kier molecular flexibility index (Phi) is 6.36. The summed E-state index contributed by atoms with van der Waals surface area (Å²) in [5, 5.41) is 6.32. The average molecular weight is 489 g/mol. The monoisotopic (exact) mass is 488 g/mol. The third-order valence-corrected chi connectivity index (χ3v) is 6.38. The van der Waals surface area contributed by atoms with Gasteiger partial charge in [-0.05, 0) is 18.6 Å². The molecule has 2 heterocycles. The second kappa shape index (κ2) is 9.20. The van der Waals surface area contributed by atoms with Gasteiger partial charge in [-0.25, -0.2) is 4.98 Å². The Morgan fingerprint density at radius 1 is 1.12 bits per heavy atom. The van der Waals surface area contributed by atoms with Crippen LogP contribution in [0.15, 0.2) is 42.5 Å². The molecule has 7 nitrogen and oxygen atoms in total. The van der Waals surface area contributed by atoms with Crippen LogP contribution in [0.4, 0.5) is 10.8 Å². The van der Waals surface area contributed by atoms with E-state index in [1.807, 2.05) is 30.3 Å². The molecule has 0 saturated heterocycles. The Morgan fingerprint density at radius 3 is 2.53 bits per heavy atom. The molecule has 4 rings (SSSR count). The van der Waals surface area contributed by atoms with Crippen LogP contribution in [0.1, 0.15) is 28.7 Å². The Balaban J connectivity index is 1.65. The lowest BCUT2D eigenvalue weighted by molar-refractivity contribution is -0.114. The van der Waals surface area contributed by atoms with E-state index < -0.39 is 5.91 Å². The number of anilines is 2. The first-order valence-electron chi connectivity index (χ1n) is 9.55. The molecule has 2 amide bonds. The molecule has 0 aliphatic heterocycles. The van der Waals surface area contributed by atoms with Crippen molar-refractivity contribution in [1.29, 1.82) is 0 Å². The zero-order valence-electron chi connectivity index (χ0n) is 17.1. The number of nitrogens with zero attached hydrogens (tertiary/aromatic N) is 1. The van der Waals surface area contributed by atoms with E-state index in [9.17, 15) is 9.59 Å². The number of halogens is 2. The molecule has 2 aromatic heterocycles. The van der Waals surface area contributed by atoms with Crippen molar-refractivity contribution in [3.63, 3.8) is 0 Å². The summed E-state index contributed by atoms with van der Waals surface area (Å²) < 4.78 is 6.74. The summed E-state index contributed by atoms with van der Waals surface area (Å²) in [4.78, 5) is 31.6. The van der Waals surface area contributed by atoms with Crippen LogP contribution in [0, 0.1) is 6.92 Å². The second-order valence-electron chi connectivity index (χ2n) is 7.00. The number of H-pyrrole nitrogens is 1. The first-order valence-corrected chi connectivity index (χ1v) is 11.1. The fraction of sp³-hybridized carbons (Fsp3) is 0.136. The quantitative estimate of drug-likeness (QED) is 0.308. The maximum atomic E-state index is 12.7. The maximum Gasteiger partial charge on any atom is 0.275 e.